The molecule has 0 aliphatic carbocycles. The number of anilines is 1. The van der Waals surface area contributed by atoms with Crippen LogP contribution in [0.15, 0.2) is 22.7 Å². The molecule has 0 spiro atoms. The summed E-state index contributed by atoms with van der Waals surface area (Å²) in [5, 5.41) is 11.2. The van der Waals surface area contributed by atoms with Crippen molar-refractivity contribution < 1.29 is 23.8 Å². The summed E-state index contributed by atoms with van der Waals surface area (Å²) in [6, 6.07) is 3.18. The Bertz CT molecular complexity index is 498. The fourth-order valence-electron chi connectivity index (χ4n) is 1.40. The molecule has 1 aromatic rings. The molecule has 0 aliphatic heterocycles. The molecule has 1 rings (SSSR count). The van der Waals surface area contributed by atoms with Crippen molar-refractivity contribution in [2.45, 2.75) is 0 Å². The summed E-state index contributed by atoms with van der Waals surface area (Å²) in [7, 11) is 1.44. The summed E-state index contributed by atoms with van der Waals surface area (Å²) in [4.78, 5) is 23.7. The average Bonchev–Trinajstić information content (AvgIpc) is 2.38. The first kappa shape index (κ1) is 16.4. The van der Waals surface area contributed by atoms with Gasteiger partial charge in [-0.05, 0) is 34.1 Å². The van der Waals surface area contributed by atoms with Crippen LogP contribution >= 0.6 is 15.9 Å². The van der Waals surface area contributed by atoms with Gasteiger partial charge in [0, 0.05) is 18.1 Å². The molecule has 0 heterocycles. The third-order valence-electron chi connectivity index (χ3n) is 2.35. The number of halogens is 2. The van der Waals surface area contributed by atoms with E-state index < -0.39 is 24.4 Å². The number of nitrogens with one attached hydrogen (secondary N) is 1. The predicted octanol–water partition coefficient (Wildman–Crippen LogP) is 2.15. The minimum atomic E-state index is -1.14. The molecule has 2 amide bonds. The molecule has 0 aromatic heterocycles. The summed E-state index contributed by atoms with van der Waals surface area (Å²) in [5.74, 6) is -1.65. The first-order chi connectivity index (χ1) is 9.43. The van der Waals surface area contributed by atoms with Crippen LogP contribution in [0.1, 0.15) is 0 Å². The monoisotopic (exact) mass is 348 g/mol. The summed E-state index contributed by atoms with van der Waals surface area (Å²) in [6.07, 6.45) is 0. The van der Waals surface area contributed by atoms with Crippen molar-refractivity contribution in [2.24, 2.45) is 0 Å². The van der Waals surface area contributed by atoms with Gasteiger partial charge in [-0.25, -0.2) is 9.18 Å². The number of carboxylic acid groups (broad SMARTS) is 1. The van der Waals surface area contributed by atoms with Crippen LogP contribution in [0.25, 0.3) is 0 Å². The van der Waals surface area contributed by atoms with Gasteiger partial charge in [0.25, 0.3) is 0 Å². The fourth-order valence-corrected chi connectivity index (χ4v) is 1.75. The smallest absolute Gasteiger partial charge is 0.323 e. The Balaban J connectivity index is 2.78. The highest BCUT2D eigenvalue weighted by Crippen LogP contribution is 2.23. The highest BCUT2D eigenvalue weighted by atomic mass is 79.9. The van der Waals surface area contributed by atoms with Gasteiger partial charge in [0.1, 0.15) is 12.4 Å². The number of aliphatic carboxylic acids is 1. The zero-order chi connectivity index (χ0) is 15.1. The van der Waals surface area contributed by atoms with Gasteiger partial charge in [0.05, 0.1) is 12.3 Å². The van der Waals surface area contributed by atoms with Crippen molar-refractivity contribution in [3.8, 4) is 0 Å². The van der Waals surface area contributed by atoms with E-state index in [2.05, 4.69) is 21.2 Å². The molecule has 0 aliphatic rings. The zero-order valence-corrected chi connectivity index (χ0v) is 12.3. The molecule has 1 aromatic carbocycles. The maximum Gasteiger partial charge on any atom is 0.323 e. The quantitative estimate of drug-likeness (QED) is 0.825. The lowest BCUT2D eigenvalue weighted by Crippen LogP contribution is -2.40. The lowest BCUT2D eigenvalue weighted by atomic mass is 10.3. The van der Waals surface area contributed by atoms with Crippen LogP contribution in [0.2, 0.25) is 0 Å². The average molecular weight is 349 g/mol. The summed E-state index contributed by atoms with van der Waals surface area (Å²) >= 11 is 3.17. The maximum atomic E-state index is 13.1. The van der Waals surface area contributed by atoms with Gasteiger partial charge in [0.15, 0.2) is 0 Å². The normalized spacial score (nSPS) is 10.2. The van der Waals surface area contributed by atoms with Crippen LogP contribution in [0.4, 0.5) is 14.9 Å². The Kier molecular flexibility index (Phi) is 6.40. The van der Waals surface area contributed by atoms with Crippen LogP contribution in [-0.4, -0.2) is 48.8 Å². The van der Waals surface area contributed by atoms with Crippen molar-refractivity contribution in [3.05, 3.63) is 28.5 Å². The number of methoxy groups -OCH3 is 1. The molecule has 110 valence electrons. The van der Waals surface area contributed by atoms with E-state index in [1.165, 1.54) is 19.2 Å². The standard InChI is InChI=1S/C12H14BrFN2O4/c1-20-5-4-16(7-11(17)18)12(19)15-10-6-8(14)2-3-9(10)13/h2-3,6H,4-5,7H2,1H3,(H,15,19)(H,17,18). The Morgan fingerprint density at radius 1 is 1.50 bits per heavy atom. The van der Waals surface area contributed by atoms with Crippen LogP contribution in [-0.2, 0) is 9.53 Å². The number of rotatable bonds is 6. The van der Waals surface area contributed by atoms with Crippen molar-refractivity contribution >= 4 is 33.6 Å². The van der Waals surface area contributed by atoms with Gasteiger partial charge in [-0.3, -0.25) is 4.79 Å². The maximum absolute atomic E-state index is 13.1. The first-order valence-electron chi connectivity index (χ1n) is 5.65. The van der Waals surface area contributed by atoms with Crippen molar-refractivity contribution in [3.63, 3.8) is 0 Å². The molecule has 20 heavy (non-hydrogen) atoms. The van der Waals surface area contributed by atoms with Gasteiger partial charge >= 0.3 is 12.0 Å². The molecule has 0 saturated heterocycles. The molecule has 0 saturated carbocycles. The second kappa shape index (κ2) is 7.81. The number of urea groups is 1. The third-order valence-corrected chi connectivity index (χ3v) is 3.04. The molecule has 0 radical (unpaired) electrons. The molecular formula is C12H14BrFN2O4. The third kappa shape index (κ3) is 5.14. The predicted molar refractivity (Wildman–Crippen MR) is 74.2 cm³/mol. The molecule has 8 heteroatoms. The minimum Gasteiger partial charge on any atom is -0.480 e. The van der Waals surface area contributed by atoms with E-state index in [4.69, 9.17) is 9.84 Å². The van der Waals surface area contributed by atoms with E-state index in [0.717, 1.165) is 11.0 Å². The minimum absolute atomic E-state index is 0.113. The fraction of sp³-hybridized carbons (Fsp3) is 0.333. The van der Waals surface area contributed by atoms with Gasteiger partial charge in [0.2, 0.25) is 0 Å². The number of amides is 2. The first-order valence-corrected chi connectivity index (χ1v) is 6.45. The topological polar surface area (TPSA) is 78.9 Å². The Morgan fingerprint density at radius 2 is 2.20 bits per heavy atom. The van der Waals surface area contributed by atoms with Crippen molar-refractivity contribution in [1.29, 1.82) is 0 Å². The molecule has 6 nitrogen and oxygen atoms in total. The van der Waals surface area contributed by atoms with Gasteiger partial charge in [-0.2, -0.15) is 0 Å². The largest absolute Gasteiger partial charge is 0.480 e. The molecular weight excluding hydrogens is 335 g/mol. The van der Waals surface area contributed by atoms with Crippen LogP contribution < -0.4 is 5.32 Å². The van der Waals surface area contributed by atoms with E-state index in [1.807, 2.05) is 0 Å². The SMILES string of the molecule is COCCN(CC(=O)O)C(=O)Nc1cc(F)ccc1Br. The van der Waals surface area contributed by atoms with Crippen LogP contribution in [0, 0.1) is 5.82 Å². The van der Waals surface area contributed by atoms with Crippen LogP contribution in [0.3, 0.4) is 0 Å². The Morgan fingerprint density at radius 3 is 2.80 bits per heavy atom. The molecule has 0 unspecified atom stereocenters. The number of carboxylic acids is 1. The number of ether oxygens (including phenoxy) is 1. The van der Waals surface area contributed by atoms with E-state index >= 15 is 0 Å². The van der Waals surface area contributed by atoms with Gasteiger partial charge in [-0.1, -0.05) is 0 Å². The molecule has 0 bridgehead atoms. The number of carbonyl (C=O) groups excluding carboxylic acids is 1. The van der Waals surface area contributed by atoms with Gasteiger partial charge < -0.3 is 20.1 Å². The second-order valence-corrected chi connectivity index (χ2v) is 4.72. The Hall–Kier alpha value is -1.67. The van der Waals surface area contributed by atoms with Gasteiger partial charge in [-0.15, -0.1) is 0 Å². The summed E-state index contributed by atoms with van der Waals surface area (Å²) < 4.78 is 18.4. The van der Waals surface area contributed by atoms with E-state index in [0.29, 0.717) is 4.47 Å². The van der Waals surface area contributed by atoms with Crippen LogP contribution in [0.5, 0.6) is 0 Å². The molecule has 2 N–H and O–H groups in total. The van der Waals surface area contributed by atoms with E-state index in [1.54, 1.807) is 0 Å². The number of benzene rings is 1. The molecule has 0 atom stereocenters. The lowest BCUT2D eigenvalue weighted by Gasteiger charge is -2.21. The number of carbonyl (C=O) groups is 2. The summed E-state index contributed by atoms with van der Waals surface area (Å²) in [5.41, 5.74) is 0.225. The second-order valence-electron chi connectivity index (χ2n) is 3.86. The van der Waals surface area contributed by atoms with Crippen molar-refractivity contribution in [2.75, 3.05) is 32.1 Å². The number of hydrogen-bond acceptors (Lipinski definition) is 3. The van der Waals surface area contributed by atoms with E-state index in [9.17, 15) is 14.0 Å². The summed E-state index contributed by atoms with van der Waals surface area (Å²) in [6.45, 7) is -0.158. The van der Waals surface area contributed by atoms with E-state index in [-0.39, 0.29) is 18.8 Å². The zero-order valence-electron chi connectivity index (χ0n) is 10.7. The highest BCUT2D eigenvalue weighted by Gasteiger charge is 2.17. The lowest BCUT2D eigenvalue weighted by molar-refractivity contribution is -0.137. The number of hydrogen-bond donors (Lipinski definition) is 2. The molecule has 0 fully saturated rings. The highest BCUT2D eigenvalue weighted by molar-refractivity contribution is 9.10. The van der Waals surface area contributed by atoms with Crippen molar-refractivity contribution in [1.82, 2.24) is 4.90 Å². The number of nitrogens with zero attached hydrogens (tertiary/aromatic N) is 1. The Labute approximate surface area is 123 Å².